The van der Waals surface area contributed by atoms with Crippen LogP contribution in [0.15, 0.2) is 42.6 Å². The molecule has 0 saturated heterocycles. The fourth-order valence-corrected chi connectivity index (χ4v) is 1.85. The van der Waals surface area contributed by atoms with Crippen molar-refractivity contribution in [1.29, 1.82) is 0 Å². The maximum atomic E-state index is 5.61. The van der Waals surface area contributed by atoms with Crippen LogP contribution in [-0.4, -0.2) is 18.2 Å². The van der Waals surface area contributed by atoms with Gasteiger partial charge in [0.2, 0.25) is 5.88 Å². The lowest BCUT2D eigenvalue weighted by Gasteiger charge is -2.18. The first-order valence-corrected chi connectivity index (χ1v) is 7.24. The summed E-state index contributed by atoms with van der Waals surface area (Å²) in [5.74, 6) is 1.50. The van der Waals surface area contributed by atoms with Crippen molar-refractivity contribution in [3.05, 3.63) is 53.7 Å². The second-order valence-corrected chi connectivity index (χ2v) is 6.15. The Balaban J connectivity index is 1.77. The van der Waals surface area contributed by atoms with Gasteiger partial charge in [0.15, 0.2) is 0 Å². The Hall–Kier alpha value is -2.03. The van der Waals surface area contributed by atoms with Crippen molar-refractivity contribution < 1.29 is 9.47 Å². The van der Waals surface area contributed by atoms with Crippen molar-refractivity contribution in [1.82, 2.24) is 4.98 Å². The minimum absolute atomic E-state index is 0.111. The lowest BCUT2D eigenvalue weighted by molar-refractivity contribution is 0.212. The van der Waals surface area contributed by atoms with E-state index in [1.807, 2.05) is 36.5 Å². The predicted molar refractivity (Wildman–Crippen MR) is 85.1 cm³/mol. The zero-order chi connectivity index (χ0) is 15.3. The minimum atomic E-state index is 0.111. The zero-order valence-corrected chi connectivity index (χ0v) is 13.2. The van der Waals surface area contributed by atoms with Crippen LogP contribution in [0.5, 0.6) is 11.6 Å². The van der Waals surface area contributed by atoms with E-state index in [0.717, 1.165) is 5.75 Å². The monoisotopic (exact) mass is 285 g/mol. The first kappa shape index (κ1) is 15.4. The summed E-state index contributed by atoms with van der Waals surface area (Å²) in [4.78, 5) is 4.32. The van der Waals surface area contributed by atoms with Crippen LogP contribution >= 0.6 is 0 Å². The van der Waals surface area contributed by atoms with Crippen molar-refractivity contribution in [3.8, 4) is 11.6 Å². The number of ether oxygens (including phenoxy) is 2. The Morgan fingerprint density at radius 3 is 2.14 bits per heavy atom. The summed E-state index contributed by atoms with van der Waals surface area (Å²) in [6.45, 7) is 9.54. The number of nitrogens with zero attached hydrogens (tertiary/aromatic N) is 1. The van der Waals surface area contributed by atoms with Crippen molar-refractivity contribution in [2.45, 2.75) is 33.1 Å². The summed E-state index contributed by atoms with van der Waals surface area (Å²) in [6.07, 6.45) is 1.87. The molecular formula is C18H23NO2. The van der Waals surface area contributed by atoms with Gasteiger partial charge in [-0.15, -0.1) is 0 Å². The first-order valence-electron chi connectivity index (χ1n) is 7.24. The van der Waals surface area contributed by atoms with E-state index < -0.39 is 0 Å². The number of pyridine rings is 1. The third kappa shape index (κ3) is 4.78. The topological polar surface area (TPSA) is 31.4 Å². The van der Waals surface area contributed by atoms with Gasteiger partial charge in [0.05, 0.1) is 0 Å². The van der Waals surface area contributed by atoms with Crippen LogP contribution in [0, 0.1) is 6.92 Å². The smallest absolute Gasteiger partial charge is 0.213 e. The molecule has 1 aromatic carbocycles. The Morgan fingerprint density at radius 1 is 0.905 bits per heavy atom. The van der Waals surface area contributed by atoms with Crippen LogP contribution in [-0.2, 0) is 5.41 Å². The van der Waals surface area contributed by atoms with Crippen LogP contribution in [0.25, 0.3) is 0 Å². The Bertz CT molecular complexity index is 553. The van der Waals surface area contributed by atoms with E-state index in [1.54, 1.807) is 0 Å². The molecule has 0 unspecified atom stereocenters. The number of rotatable bonds is 5. The fourth-order valence-electron chi connectivity index (χ4n) is 1.85. The minimum Gasteiger partial charge on any atom is -0.490 e. The Labute approximate surface area is 126 Å². The van der Waals surface area contributed by atoms with Gasteiger partial charge in [-0.3, -0.25) is 0 Å². The molecular weight excluding hydrogens is 262 g/mol. The molecule has 0 aliphatic carbocycles. The van der Waals surface area contributed by atoms with E-state index in [-0.39, 0.29) is 5.41 Å². The predicted octanol–water partition coefficient (Wildman–Crippen LogP) is 4.15. The van der Waals surface area contributed by atoms with E-state index in [1.165, 1.54) is 11.1 Å². The molecule has 1 aromatic heterocycles. The molecule has 112 valence electrons. The molecule has 0 aliphatic heterocycles. The van der Waals surface area contributed by atoms with Crippen molar-refractivity contribution >= 4 is 0 Å². The summed E-state index contributed by atoms with van der Waals surface area (Å²) >= 11 is 0. The van der Waals surface area contributed by atoms with Gasteiger partial charge >= 0.3 is 0 Å². The molecule has 0 bridgehead atoms. The number of hydrogen-bond donors (Lipinski definition) is 0. The number of aryl methyl sites for hydroxylation is 1. The maximum absolute atomic E-state index is 5.61. The zero-order valence-electron chi connectivity index (χ0n) is 13.2. The summed E-state index contributed by atoms with van der Waals surface area (Å²) in [7, 11) is 0. The molecule has 0 saturated carbocycles. The van der Waals surface area contributed by atoms with E-state index in [4.69, 9.17) is 9.47 Å². The summed E-state index contributed by atoms with van der Waals surface area (Å²) in [5.41, 5.74) is 2.53. The van der Waals surface area contributed by atoms with Crippen LogP contribution in [0.2, 0.25) is 0 Å². The van der Waals surface area contributed by atoms with E-state index in [2.05, 4.69) is 38.7 Å². The Morgan fingerprint density at radius 2 is 1.57 bits per heavy atom. The quantitative estimate of drug-likeness (QED) is 0.773. The lowest BCUT2D eigenvalue weighted by Crippen LogP contribution is -2.12. The van der Waals surface area contributed by atoms with Crippen LogP contribution in [0.1, 0.15) is 31.9 Å². The average molecular weight is 285 g/mol. The van der Waals surface area contributed by atoms with Crippen LogP contribution < -0.4 is 9.47 Å². The van der Waals surface area contributed by atoms with E-state index in [0.29, 0.717) is 19.1 Å². The first-order chi connectivity index (χ1) is 9.95. The molecule has 0 atom stereocenters. The summed E-state index contributed by atoms with van der Waals surface area (Å²) < 4.78 is 11.2. The standard InChI is InChI=1S/C18H23NO2/c1-14-5-8-16(9-6-14)20-11-12-21-17-10-7-15(13-19-17)18(2,3)4/h5-10,13H,11-12H2,1-4H3. The number of benzene rings is 1. The lowest BCUT2D eigenvalue weighted by atomic mass is 9.88. The number of aromatic nitrogens is 1. The molecule has 1 heterocycles. The van der Waals surface area contributed by atoms with E-state index >= 15 is 0 Å². The van der Waals surface area contributed by atoms with Crippen molar-refractivity contribution in [2.75, 3.05) is 13.2 Å². The molecule has 3 nitrogen and oxygen atoms in total. The molecule has 21 heavy (non-hydrogen) atoms. The molecule has 0 spiro atoms. The highest BCUT2D eigenvalue weighted by molar-refractivity contribution is 5.26. The van der Waals surface area contributed by atoms with Gasteiger partial charge in [0, 0.05) is 12.3 Å². The average Bonchev–Trinajstić information content (AvgIpc) is 2.45. The highest BCUT2D eigenvalue weighted by Crippen LogP contribution is 2.22. The van der Waals surface area contributed by atoms with Gasteiger partial charge in [-0.05, 0) is 30.0 Å². The van der Waals surface area contributed by atoms with Crippen molar-refractivity contribution in [3.63, 3.8) is 0 Å². The third-order valence-electron chi connectivity index (χ3n) is 3.23. The normalized spacial score (nSPS) is 11.2. The number of hydrogen-bond acceptors (Lipinski definition) is 3. The Kier molecular flexibility index (Phi) is 4.84. The third-order valence-corrected chi connectivity index (χ3v) is 3.23. The van der Waals surface area contributed by atoms with Gasteiger partial charge in [0.25, 0.3) is 0 Å². The molecule has 3 heteroatoms. The molecule has 0 fully saturated rings. The van der Waals surface area contributed by atoms with Gasteiger partial charge in [-0.25, -0.2) is 4.98 Å². The maximum Gasteiger partial charge on any atom is 0.213 e. The second-order valence-electron chi connectivity index (χ2n) is 6.15. The van der Waals surface area contributed by atoms with Gasteiger partial charge < -0.3 is 9.47 Å². The summed E-state index contributed by atoms with van der Waals surface area (Å²) in [6, 6.07) is 12.0. The van der Waals surface area contributed by atoms with Crippen molar-refractivity contribution in [2.24, 2.45) is 0 Å². The van der Waals surface area contributed by atoms with Gasteiger partial charge in [-0.1, -0.05) is 44.5 Å². The molecule has 0 radical (unpaired) electrons. The molecule has 2 aromatic rings. The molecule has 0 aliphatic rings. The summed E-state index contributed by atoms with van der Waals surface area (Å²) in [5, 5.41) is 0. The van der Waals surface area contributed by atoms with E-state index in [9.17, 15) is 0 Å². The molecule has 0 N–H and O–H groups in total. The van der Waals surface area contributed by atoms with Crippen LogP contribution in [0.3, 0.4) is 0 Å². The van der Waals surface area contributed by atoms with Gasteiger partial charge in [0.1, 0.15) is 19.0 Å². The second kappa shape index (κ2) is 6.61. The highest BCUT2D eigenvalue weighted by atomic mass is 16.5. The molecule has 2 rings (SSSR count). The van der Waals surface area contributed by atoms with Gasteiger partial charge in [-0.2, -0.15) is 0 Å². The largest absolute Gasteiger partial charge is 0.490 e. The SMILES string of the molecule is Cc1ccc(OCCOc2ccc(C(C)(C)C)cn2)cc1. The molecule has 0 amide bonds. The fraction of sp³-hybridized carbons (Fsp3) is 0.389. The highest BCUT2D eigenvalue weighted by Gasteiger charge is 2.13. The van der Waals surface area contributed by atoms with Crippen LogP contribution in [0.4, 0.5) is 0 Å².